The van der Waals surface area contributed by atoms with Crippen LogP contribution in [0.15, 0.2) is 125 Å². The third kappa shape index (κ3) is 3.91. The highest BCUT2D eigenvalue weighted by molar-refractivity contribution is 6.13. The summed E-state index contributed by atoms with van der Waals surface area (Å²) in [5.41, 5.74) is 5.76. The molecule has 1 atom stereocenters. The number of rotatable bonds is 4. The molecule has 1 aromatic heterocycles. The van der Waals surface area contributed by atoms with E-state index >= 15 is 0 Å². The molecule has 0 spiro atoms. The average molecular weight is 469 g/mol. The lowest BCUT2D eigenvalue weighted by Crippen LogP contribution is -2.34. The maximum absolute atomic E-state index is 12.2. The first-order chi connectivity index (χ1) is 17.7. The number of anilines is 1. The van der Waals surface area contributed by atoms with Crippen molar-refractivity contribution in [3.05, 3.63) is 136 Å². The van der Waals surface area contributed by atoms with E-state index in [0.29, 0.717) is 5.39 Å². The molecular formula is C31H24N4O. The minimum Gasteiger partial charge on any atom is -0.317 e. The van der Waals surface area contributed by atoms with Gasteiger partial charge >= 0.3 is 0 Å². The van der Waals surface area contributed by atoms with Gasteiger partial charge in [0.25, 0.3) is 5.56 Å². The van der Waals surface area contributed by atoms with Gasteiger partial charge < -0.3 is 4.90 Å². The fourth-order valence-electron chi connectivity index (χ4n) is 4.71. The number of fused-ring (bicyclic) bond motifs is 1. The van der Waals surface area contributed by atoms with E-state index in [-0.39, 0.29) is 11.6 Å². The molecule has 1 N–H and O–H groups in total. The molecule has 5 heteroatoms. The Morgan fingerprint density at radius 1 is 0.750 bits per heavy atom. The van der Waals surface area contributed by atoms with Crippen LogP contribution in [0.3, 0.4) is 0 Å². The Kier molecular flexibility index (Phi) is 5.51. The Hall–Kier alpha value is -4.77. The number of benzene rings is 4. The largest absolute Gasteiger partial charge is 0.317 e. The quantitative estimate of drug-likeness (QED) is 0.337. The lowest BCUT2D eigenvalue weighted by atomic mass is 10.0. The molecule has 0 amide bonds. The maximum atomic E-state index is 12.2. The first kappa shape index (κ1) is 21.7. The van der Waals surface area contributed by atoms with Crippen LogP contribution in [0, 0.1) is 0 Å². The fraction of sp³-hybridized carbons (Fsp3) is 0.0645. The van der Waals surface area contributed by atoms with Gasteiger partial charge in [0, 0.05) is 22.2 Å². The minimum absolute atomic E-state index is 0.0540. The second-order valence-corrected chi connectivity index (χ2v) is 8.82. The van der Waals surface area contributed by atoms with E-state index in [4.69, 9.17) is 4.99 Å². The molecule has 0 saturated carbocycles. The zero-order valence-electron chi connectivity index (χ0n) is 19.8. The highest BCUT2D eigenvalue weighted by Gasteiger charge is 2.30. The number of H-pyrrole nitrogens is 1. The molecule has 174 valence electrons. The van der Waals surface area contributed by atoms with Crippen molar-refractivity contribution in [1.82, 2.24) is 10.2 Å². The number of aromatic nitrogens is 2. The van der Waals surface area contributed by atoms with E-state index in [0.717, 1.165) is 45.0 Å². The number of hydrogen-bond donors (Lipinski definition) is 1. The van der Waals surface area contributed by atoms with Crippen molar-refractivity contribution in [2.24, 2.45) is 4.99 Å². The summed E-state index contributed by atoms with van der Waals surface area (Å²) in [7, 11) is 0. The van der Waals surface area contributed by atoms with Crippen LogP contribution in [-0.2, 0) is 0 Å². The number of hydrogen-bond acceptors (Lipinski definition) is 4. The summed E-state index contributed by atoms with van der Waals surface area (Å²) in [5.74, 6) is 0.922. The predicted octanol–water partition coefficient (Wildman–Crippen LogP) is 6.29. The number of amidine groups is 1. The highest BCUT2D eigenvalue weighted by atomic mass is 16.1. The van der Waals surface area contributed by atoms with Gasteiger partial charge in [-0.25, -0.2) is 10.1 Å². The topological polar surface area (TPSA) is 61.4 Å². The molecule has 2 heterocycles. The SMILES string of the molecule is CC1/C(=C/c2ccccc2)N=C(c2ccccc2)N1c1ccc(-c2n[nH]c(=O)c3ccccc23)cc1. The summed E-state index contributed by atoms with van der Waals surface area (Å²) >= 11 is 0. The lowest BCUT2D eigenvalue weighted by Gasteiger charge is -2.26. The molecule has 0 bridgehead atoms. The summed E-state index contributed by atoms with van der Waals surface area (Å²) in [4.78, 5) is 19.6. The molecule has 1 aliphatic heterocycles. The molecule has 1 aliphatic rings. The molecule has 6 rings (SSSR count). The van der Waals surface area contributed by atoms with Crippen molar-refractivity contribution in [2.75, 3.05) is 4.90 Å². The minimum atomic E-state index is -0.182. The second-order valence-electron chi connectivity index (χ2n) is 8.82. The molecule has 5 nitrogen and oxygen atoms in total. The maximum Gasteiger partial charge on any atom is 0.272 e. The van der Waals surface area contributed by atoms with Crippen molar-refractivity contribution in [1.29, 1.82) is 0 Å². The number of nitrogens with zero attached hydrogens (tertiary/aromatic N) is 3. The van der Waals surface area contributed by atoms with Gasteiger partial charge in [-0.05, 0) is 36.8 Å². The van der Waals surface area contributed by atoms with E-state index in [2.05, 4.69) is 76.6 Å². The molecule has 0 radical (unpaired) electrons. The smallest absolute Gasteiger partial charge is 0.272 e. The fourth-order valence-corrected chi connectivity index (χ4v) is 4.71. The Bertz CT molecular complexity index is 1650. The van der Waals surface area contributed by atoms with Crippen LogP contribution in [-0.4, -0.2) is 22.1 Å². The van der Waals surface area contributed by atoms with Gasteiger partial charge in [0.05, 0.1) is 22.8 Å². The lowest BCUT2D eigenvalue weighted by molar-refractivity contribution is 0.872. The first-order valence-electron chi connectivity index (χ1n) is 12.0. The molecule has 0 saturated heterocycles. The summed E-state index contributed by atoms with van der Waals surface area (Å²) in [6, 6.07) is 36.5. The van der Waals surface area contributed by atoms with E-state index < -0.39 is 0 Å². The van der Waals surface area contributed by atoms with Crippen LogP contribution < -0.4 is 10.5 Å². The van der Waals surface area contributed by atoms with Crippen molar-refractivity contribution in [3.8, 4) is 11.3 Å². The Morgan fingerprint density at radius 3 is 2.11 bits per heavy atom. The molecule has 5 aromatic rings. The molecule has 0 aliphatic carbocycles. The molecule has 1 unspecified atom stereocenters. The van der Waals surface area contributed by atoms with E-state index in [1.165, 1.54) is 0 Å². The Labute approximate surface area is 209 Å². The van der Waals surface area contributed by atoms with Gasteiger partial charge in [0.15, 0.2) is 0 Å². The van der Waals surface area contributed by atoms with Crippen LogP contribution in [0.2, 0.25) is 0 Å². The Balaban J connectivity index is 1.41. The van der Waals surface area contributed by atoms with E-state index in [9.17, 15) is 4.79 Å². The standard InChI is InChI=1S/C31H24N4O/c1-21-28(20-22-10-4-2-5-11-22)32-30(24-12-6-3-7-13-24)35(21)25-18-16-23(17-19-25)29-26-14-8-9-15-27(26)31(36)34-33-29/h2-21H,1H3,(H,34,36)/b28-20-. The molecule has 4 aromatic carbocycles. The molecular weight excluding hydrogens is 444 g/mol. The van der Waals surface area contributed by atoms with Crippen LogP contribution in [0.25, 0.3) is 28.1 Å². The zero-order valence-corrected chi connectivity index (χ0v) is 19.8. The van der Waals surface area contributed by atoms with E-state index in [1.807, 2.05) is 60.7 Å². The normalized spacial score (nSPS) is 16.5. The Morgan fingerprint density at radius 2 is 1.39 bits per heavy atom. The second kappa shape index (κ2) is 9.12. The summed E-state index contributed by atoms with van der Waals surface area (Å²) in [6.07, 6.45) is 2.15. The van der Waals surface area contributed by atoms with Crippen LogP contribution in [0.5, 0.6) is 0 Å². The third-order valence-corrected chi connectivity index (χ3v) is 6.54. The van der Waals surface area contributed by atoms with Crippen molar-refractivity contribution < 1.29 is 0 Å². The van der Waals surface area contributed by atoms with Gasteiger partial charge in [-0.1, -0.05) is 91.0 Å². The molecule has 36 heavy (non-hydrogen) atoms. The summed E-state index contributed by atoms with van der Waals surface area (Å²) in [6.45, 7) is 2.18. The first-order valence-corrected chi connectivity index (χ1v) is 12.0. The highest BCUT2D eigenvalue weighted by Crippen LogP contribution is 2.33. The zero-order chi connectivity index (χ0) is 24.5. The number of aliphatic imine (C=N–C) groups is 1. The van der Waals surface area contributed by atoms with E-state index in [1.54, 1.807) is 0 Å². The van der Waals surface area contributed by atoms with Gasteiger partial charge in [-0.2, -0.15) is 5.10 Å². The number of nitrogens with one attached hydrogen (secondary N) is 1. The van der Waals surface area contributed by atoms with Crippen LogP contribution >= 0.6 is 0 Å². The predicted molar refractivity (Wildman–Crippen MR) is 147 cm³/mol. The van der Waals surface area contributed by atoms with Gasteiger partial charge in [0.1, 0.15) is 5.84 Å². The molecule has 0 fully saturated rings. The summed E-state index contributed by atoms with van der Waals surface area (Å²) < 4.78 is 0. The summed E-state index contributed by atoms with van der Waals surface area (Å²) in [5, 5.41) is 8.46. The van der Waals surface area contributed by atoms with Gasteiger partial charge in [-0.3, -0.25) is 4.79 Å². The average Bonchev–Trinajstić information content (AvgIpc) is 3.26. The van der Waals surface area contributed by atoms with Gasteiger partial charge in [-0.15, -0.1) is 0 Å². The van der Waals surface area contributed by atoms with Crippen LogP contribution in [0.4, 0.5) is 5.69 Å². The monoisotopic (exact) mass is 468 g/mol. The van der Waals surface area contributed by atoms with Crippen LogP contribution in [0.1, 0.15) is 18.1 Å². The van der Waals surface area contributed by atoms with Gasteiger partial charge in [0.2, 0.25) is 0 Å². The third-order valence-electron chi connectivity index (χ3n) is 6.54. The van der Waals surface area contributed by atoms with Crippen molar-refractivity contribution in [2.45, 2.75) is 13.0 Å². The number of aromatic amines is 1. The van der Waals surface area contributed by atoms with Crippen molar-refractivity contribution >= 4 is 28.4 Å². The van der Waals surface area contributed by atoms with Crippen molar-refractivity contribution in [3.63, 3.8) is 0 Å².